The maximum atomic E-state index is 12.4. The second-order valence-corrected chi connectivity index (χ2v) is 5.78. The van der Waals surface area contributed by atoms with Gasteiger partial charge in [-0.3, -0.25) is 19.2 Å². The third-order valence-corrected chi connectivity index (χ3v) is 3.61. The normalized spacial score (nSPS) is 12.2. The molecule has 0 saturated carbocycles. The number of rotatable bonds is 10. The van der Waals surface area contributed by atoms with E-state index >= 15 is 0 Å². The monoisotopic (exact) mass is 409 g/mol. The zero-order chi connectivity index (χ0) is 22.0. The minimum absolute atomic E-state index is 0.0317. The second kappa shape index (κ2) is 11.4. The standard InChI is InChI=1S/C19H23NO9/c1-4-27-15(22)10-14(19(26)28-5-2)16(18(24)25)20-17(23)12-6-8-13(9-7-12)29-11(3)21/h6-9,14,16H,4-5,10H2,1-3H3,(H,20,23)(H,24,25)/t14-,16-/m1/s1. The molecule has 0 aliphatic rings. The van der Waals surface area contributed by atoms with Crippen molar-refractivity contribution in [3.8, 4) is 5.75 Å². The van der Waals surface area contributed by atoms with Crippen molar-refractivity contribution in [3.63, 3.8) is 0 Å². The summed E-state index contributed by atoms with van der Waals surface area (Å²) in [6.07, 6.45) is -0.574. The SMILES string of the molecule is CCOC(=O)C[C@@H](C(=O)OCC)[C@@H](NC(=O)c1ccc(OC(C)=O)cc1)C(=O)O. The van der Waals surface area contributed by atoms with Gasteiger partial charge >= 0.3 is 23.9 Å². The van der Waals surface area contributed by atoms with Crippen molar-refractivity contribution in [1.29, 1.82) is 0 Å². The van der Waals surface area contributed by atoms with Crippen LogP contribution in [0.25, 0.3) is 0 Å². The van der Waals surface area contributed by atoms with Crippen molar-refractivity contribution < 1.29 is 43.3 Å². The molecule has 0 aliphatic carbocycles. The molecule has 0 aromatic heterocycles. The first kappa shape index (κ1) is 23.6. The van der Waals surface area contributed by atoms with Crippen LogP contribution < -0.4 is 10.1 Å². The molecule has 0 radical (unpaired) electrons. The molecular weight excluding hydrogens is 386 g/mol. The molecule has 0 spiro atoms. The molecule has 0 heterocycles. The van der Waals surface area contributed by atoms with Gasteiger partial charge in [0.05, 0.1) is 25.6 Å². The highest BCUT2D eigenvalue weighted by Gasteiger charge is 2.38. The summed E-state index contributed by atoms with van der Waals surface area (Å²) in [6, 6.07) is 3.62. The van der Waals surface area contributed by atoms with Crippen LogP contribution >= 0.6 is 0 Å². The van der Waals surface area contributed by atoms with Crippen LogP contribution in [0, 0.1) is 5.92 Å². The number of hydrogen-bond acceptors (Lipinski definition) is 8. The minimum Gasteiger partial charge on any atom is -0.480 e. The van der Waals surface area contributed by atoms with E-state index in [4.69, 9.17) is 14.2 Å². The van der Waals surface area contributed by atoms with Crippen LogP contribution in [0.5, 0.6) is 5.75 Å². The Morgan fingerprint density at radius 3 is 2.07 bits per heavy atom. The minimum atomic E-state index is -1.72. The van der Waals surface area contributed by atoms with Crippen molar-refractivity contribution >= 4 is 29.8 Å². The summed E-state index contributed by atoms with van der Waals surface area (Å²) < 4.78 is 14.5. The molecule has 0 aliphatic heterocycles. The third-order valence-electron chi connectivity index (χ3n) is 3.61. The van der Waals surface area contributed by atoms with E-state index in [2.05, 4.69) is 5.32 Å². The number of carboxylic acid groups (broad SMARTS) is 1. The zero-order valence-corrected chi connectivity index (χ0v) is 16.3. The summed E-state index contributed by atoms with van der Waals surface area (Å²) in [5.74, 6) is -5.87. The molecule has 158 valence electrons. The summed E-state index contributed by atoms with van der Waals surface area (Å²) >= 11 is 0. The van der Waals surface area contributed by atoms with E-state index in [0.717, 1.165) is 0 Å². The fourth-order valence-electron chi connectivity index (χ4n) is 2.39. The first-order chi connectivity index (χ1) is 13.7. The molecule has 0 unspecified atom stereocenters. The molecule has 0 fully saturated rings. The molecule has 10 heteroatoms. The summed E-state index contributed by atoms with van der Waals surface area (Å²) in [7, 11) is 0. The molecule has 2 atom stereocenters. The van der Waals surface area contributed by atoms with Crippen LogP contribution in [0.15, 0.2) is 24.3 Å². The Bertz CT molecular complexity index is 757. The molecule has 1 rings (SSSR count). The Morgan fingerprint density at radius 2 is 1.59 bits per heavy atom. The average molecular weight is 409 g/mol. The molecule has 0 bridgehead atoms. The van der Waals surface area contributed by atoms with Gasteiger partial charge in [-0.2, -0.15) is 0 Å². The molecule has 1 aromatic carbocycles. The number of amides is 1. The summed E-state index contributed by atoms with van der Waals surface area (Å²) in [5.41, 5.74) is 0.0610. The summed E-state index contributed by atoms with van der Waals surface area (Å²) in [5, 5.41) is 11.7. The summed E-state index contributed by atoms with van der Waals surface area (Å²) in [4.78, 5) is 59.1. The lowest BCUT2D eigenvalue weighted by molar-refractivity contribution is -0.159. The molecule has 29 heavy (non-hydrogen) atoms. The molecule has 10 nitrogen and oxygen atoms in total. The van der Waals surface area contributed by atoms with Gasteiger partial charge in [-0.1, -0.05) is 0 Å². The van der Waals surface area contributed by atoms with Gasteiger partial charge in [-0.05, 0) is 38.1 Å². The van der Waals surface area contributed by atoms with Crippen molar-refractivity contribution in [2.24, 2.45) is 5.92 Å². The van der Waals surface area contributed by atoms with Crippen molar-refractivity contribution in [2.75, 3.05) is 13.2 Å². The fraction of sp³-hybridized carbons (Fsp3) is 0.421. The van der Waals surface area contributed by atoms with E-state index in [9.17, 15) is 29.1 Å². The highest BCUT2D eigenvalue weighted by Crippen LogP contribution is 2.16. The number of aliphatic carboxylic acids is 1. The van der Waals surface area contributed by atoms with Crippen LogP contribution in [-0.4, -0.2) is 54.1 Å². The van der Waals surface area contributed by atoms with E-state index in [1.165, 1.54) is 38.1 Å². The van der Waals surface area contributed by atoms with Crippen molar-refractivity contribution in [3.05, 3.63) is 29.8 Å². The van der Waals surface area contributed by atoms with Gasteiger partial charge in [-0.15, -0.1) is 0 Å². The zero-order valence-electron chi connectivity index (χ0n) is 16.3. The van der Waals surface area contributed by atoms with Gasteiger partial charge < -0.3 is 24.6 Å². The van der Waals surface area contributed by atoms with Gasteiger partial charge in [0.15, 0.2) is 0 Å². The van der Waals surface area contributed by atoms with Gasteiger partial charge in [0, 0.05) is 12.5 Å². The Balaban J connectivity index is 3.03. The van der Waals surface area contributed by atoms with E-state index < -0.39 is 48.2 Å². The fourth-order valence-corrected chi connectivity index (χ4v) is 2.39. The number of esters is 3. The number of carbonyl (C=O) groups is 5. The maximum absolute atomic E-state index is 12.4. The quantitative estimate of drug-likeness (QED) is 0.425. The number of ether oxygens (including phenoxy) is 3. The molecular formula is C19H23NO9. The van der Waals surface area contributed by atoms with Crippen molar-refractivity contribution in [1.82, 2.24) is 5.32 Å². The van der Waals surface area contributed by atoms with Crippen LogP contribution in [-0.2, 0) is 28.7 Å². The Labute approximate surface area is 167 Å². The lowest BCUT2D eigenvalue weighted by Crippen LogP contribution is -2.49. The largest absolute Gasteiger partial charge is 0.480 e. The van der Waals surface area contributed by atoms with E-state index in [0.29, 0.717) is 0 Å². The highest BCUT2D eigenvalue weighted by atomic mass is 16.5. The lowest BCUT2D eigenvalue weighted by Gasteiger charge is -2.22. The van der Waals surface area contributed by atoms with Crippen molar-refractivity contribution in [2.45, 2.75) is 33.2 Å². The predicted octanol–water partition coefficient (Wildman–Crippen LogP) is 0.927. The van der Waals surface area contributed by atoms with E-state index in [1.807, 2.05) is 0 Å². The van der Waals surface area contributed by atoms with Crippen LogP contribution in [0.2, 0.25) is 0 Å². The van der Waals surface area contributed by atoms with Gasteiger partial charge in [-0.25, -0.2) is 4.79 Å². The number of carbonyl (C=O) groups excluding carboxylic acids is 4. The van der Waals surface area contributed by atoms with Gasteiger partial charge in [0.1, 0.15) is 11.8 Å². The highest BCUT2D eigenvalue weighted by molar-refractivity contribution is 5.98. The molecule has 0 saturated heterocycles. The Kier molecular flexibility index (Phi) is 9.30. The van der Waals surface area contributed by atoms with Crippen LogP contribution in [0.3, 0.4) is 0 Å². The second-order valence-electron chi connectivity index (χ2n) is 5.78. The molecule has 2 N–H and O–H groups in total. The third kappa shape index (κ3) is 7.60. The van der Waals surface area contributed by atoms with E-state index in [-0.39, 0.29) is 24.5 Å². The smallest absolute Gasteiger partial charge is 0.327 e. The van der Waals surface area contributed by atoms with E-state index in [1.54, 1.807) is 6.92 Å². The molecule has 1 aromatic rings. The number of nitrogens with one attached hydrogen (secondary N) is 1. The first-order valence-corrected chi connectivity index (χ1v) is 8.83. The lowest BCUT2D eigenvalue weighted by atomic mass is 9.95. The number of hydrogen-bond donors (Lipinski definition) is 2. The van der Waals surface area contributed by atoms with Crippen LogP contribution in [0.1, 0.15) is 37.6 Å². The Morgan fingerprint density at radius 1 is 1.00 bits per heavy atom. The average Bonchev–Trinajstić information content (AvgIpc) is 2.64. The van der Waals surface area contributed by atoms with Gasteiger partial charge in [0.25, 0.3) is 5.91 Å². The number of benzene rings is 1. The van der Waals surface area contributed by atoms with Gasteiger partial charge in [0.2, 0.25) is 0 Å². The van der Waals surface area contributed by atoms with Crippen LogP contribution in [0.4, 0.5) is 0 Å². The first-order valence-electron chi connectivity index (χ1n) is 8.83. The number of carboxylic acids is 1. The molecule has 1 amide bonds. The summed E-state index contributed by atoms with van der Waals surface area (Å²) in [6.45, 7) is 4.33. The predicted molar refractivity (Wildman–Crippen MR) is 98.0 cm³/mol. The Hall–Kier alpha value is -3.43. The maximum Gasteiger partial charge on any atom is 0.327 e. The topological polar surface area (TPSA) is 145 Å².